The maximum absolute atomic E-state index is 12.0. The van der Waals surface area contributed by atoms with Gasteiger partial charge < -0.3 is 14.6 Å². The van der Waals surface area contributed by atoms with Crippen molar-refractivity contribution in [3.05, 3.63) is 30.5 Å². The summed E-state index contributed by atoms with van der Waals surface area (Å²) in [5.41, 5.74) is 1.02. The Kier molecular flexibility index (Phi) is 4.66. The average Bonchev–Trinajstić information content (AvgIpc) is 2.82. The van der Waals surface area contributed by atoms with E-state index in [1.807, 2.05) is 42.0 Å². The Balaban J connectivity index is 2.12. The van der Waals surface area contributed by atoms with Crippen molar-refractivity contribution in [2.45, 2.75) is 39.3 Å². The van der Waals surface area contributed by atoms with Gasteiger partial charge in [0.05, 0.1) is 12.6 Å². The van der Waals surface area contributed by atoms with Gasteiger partial charge in [-0.05, 0) is 31.5 Å². The molecule has 1 aromatic carbocycles. The van der Waals surface area contributed by atoms with Crippen LogP contribution >= 0.6 is 0 Å². The molecule has 108 valence electrons. The third-order valence-corrected chi connectivity index (χ3v) is 3.44. The molecule has 2 rings (SSSR count). The fraction of sp³-hybridized carbons (Fsp3) is 0.438. The van der Waals surface area contributed by atoms with Crippen LogP contribution in [0.15, 0.2) is 30.5 Å². The number of ether oxygens (including phenoxy) is 1. The van der Waals surface area contributed by atoms with E-state index in [4.69, 9.17) is 4.74 Å². The molecule has 4 heteroatoms. The normalized spacial score (nSPS) is 12.3. The van der Waals surface area contributed by atoms with Crippen LogP contribution in [0.4, 0.5) is 0 Å². The highest BCUT2D eigenvalue weighted by Gasteiger charge is 2.10. The van der Waals surface area contributed by atoms with Crippen molar-refractivity contribution in [3.63, 3.8) is 0 Å². The third-order valence-electron chi connectivity index (χ3n) is 3.44. The number of aromatic nitrogens is 1. The molecule has 0 saturated carbocycles. The molecule has 2 aromatic rings. The van der Waals surface area contributed by atoms with E-state index in [0.29, 0.717) is 6.54 Å². The maximum atomic E-state index is 12.0. The van der Waals surface area contributed by atoms with Gasteiger partial charge in [0.2, 0.25) is 5.91 Å². The van der Waals surface area contributed by atoms with Crippen LogP contribution in [0.25, 0.3) is 10.9 Å². The molecular formula is C16H22N2O2. The van der Waals surface area contributed by atoms with Crippen molar-refractivity contribution in [1.82, 2.24) is 9.88 Å². The maximum Gasteiger partial charge on any atom is 0.240 e. The summed E-state index contributed by atoms with van der Waals surface area (Å²) in [4.78, 5) is 12.0. The molecule has 0 aliphatic rings. The van der Waals surface area contributed by atoms with Gasteiger partial charge in [0.1, 0.15) is 12.3 Å². The fourth-order valence-electron chi connectivity index (χ4n) is 2.49. The summed E-state index contributed by atoms with van der Waals surface area (Å²) in [5.74, 6) is 0.882. The van der Waals surface area contributed by atoms with Crippen LogP contribution in [-0.4, -0.2) is 23.6 Å². The second kappa shape index (κ2) is 6.46. The largest absolute Gasteiger partial charge is 0.496 e. The minimum Gasteiger partial charge on any atom is -0.496 e. The third kappa shape index (κ3) is 3.13. The highest BCUT2D eigenvalue weighted by atomic mass is 16.5. The van der Waals surface area contributed by atoms with E-state index in [1.54, 1.807) is 7.11 Å². The summed E-state index contributed by atoms with van der Waals surface area (Å²) in [6, 6.07) is 8.08. The molecule has 4 nitrogen and oxygen atoms in total. The first-order chi connectivity index (χ1) is 9.65. The SMILES string of the molecule is CCCC(C)NC(=O)Cn1ccc2c(OC)cccc21. The molecule has 1 N–H and O–H groups in total. The fourth-order valence-corrected chi connectivity index (χ4v) is 2.49. The molecule has 1 heterocycles. The standard InChI is InChI=1S/C16H22N2O2/c1-4-6-12(2)17-16(19)11-18-10-9-13-14(18)7-5-8-15(13)20-3/h5,7-10,12H,4,6,11H2,1-3H3,(H,17,19). The van der Waals surface area contributed by atoms with E-state index in [0.717, 1.165) is 29.5 Å². The quantitative estimate of drug-likeness (QED) is 0.880. The van der Waals surface area contributed by atoms with Crippen molar-refractivity contribution in [2.24, 2.45) is 0 Å². The van der Waals surface area contributed by atoms with E-state index >= 15 is 0 Å². The van der Waals surface area contributed by atoms with E-state index in [1.165, 1.54) is 0 Å². The Morgan fingerprint density at radius 2 is 2.20 bits per heavy atom. The second-order valence-corrected chi connectivity index (χ2v) is 5.09. The first kappa shape index (κ1) is 14.4. The first-order valence-corrected chi connectivity index (χ1v) is 7.07. The Morgan fingerprint density at radius 3 is 2.90 bits per heavy atom. The molecule has 0 bridgehead atoms. The lowest BCUT2D eigenvalue weighted by atomic mass is 10.2. The summed E-state index contributed by atoms with van der Waals surface area (Å²) in [6.45, 7) is 4.50. The lowest BCUT2D eigenvalue weighted by Crippen LogP contribution is -2.34. The zero-order valence-corrected chi connectivity index (χ0v) is 12.3. The van der Waals surface area contributed by atoms with Gasteiger partial charge in [0.15, 0.2) is 0 Å². The summed E-state index contributed by atoms with van der Waals surface area (Å²) in [5, 5.41) is 4.05. The molecule has 20 heavy (non-hydrogen) atoms. The number of nitrogens with one attached hydrogen (secondary N) is 1. The van der Waals surface area contributed by atoms with Gasteiger partial charge in [-0.3, -0.25) is 4.79 Å². The zero-order valence-electron chi connectivity index (χ0n) is 12.3. The minimum atomic E-state index is 0.0475. The van der Waals surface area contributed by atoms with Crippen LogP contribution in [-0.2, 0) is 11.3 Å². The van der Waals surface area contributed by atoms with Gasteiger partial charge in [0.25, 0.3) is 0 Å². The lowest BCUT2D eigenvalue weighted by Gasteiger charge is -2.13. The molecule has 0 radical (unpaired) electrons. The van der Waals surface area contributed by atoms with Crippen molar-refractivity contribution in [3.8, 4) is 5.75 Å². The number of benzene rings is 1. The minimum absolute atomic E-state index is 0.0475. The van der Waals surface area contributed by atoms with E-state index in [2.05, 4.69) is 12.2 Å². The molecular weight excluding hydrogens is 252 g/mol. The highest BCUT2D eigenvalue weighted by molar-refractivity contribution is 5.88. The van der Waals surface area contributed by atoms with Crippen LogP contribution in [0.5, 0.6) is 5.75 Å². The molecule has 0 aliphatic carbocycles. The Morgan fingerprint density at radius 1 is 1.40 bits per heavy atom. The van der Waals surface area contributed by atoms with E-state index in [9.17, 15) is 4.79 Å². The van der Waals surface area contributed by atoms with Crippen LogP contribution < -0.4 is 10.1 Å². The first-order valence-electron chi connectivity index (χ1n) is 7.07. The van der Waals surface area contributed by atoms with Gasteiger partial charge in [-0.1, -0.05) is 19.4 Å². The zero-order chi connectivity index (χ0) is 14.5. The molecule has 0 fully saturated rings. The number of fused-ring (bicyclic) bond motifs is 1. The van der Waals surface area contributed by atoms with Crippen LogP contribution in [0, 0.1) is 0 Å². The van der Waals surface area contributed by atoms with Crippen molar-refractivity contribution in [2.75, 3.05) is 7.11 Å². The van der Waals surface area contributed by atoms with Crippen molar-refractivity contribution < 1.29 is 9.53 Å². The summed E-state index contributed by atoms with van der Waals surface area (Å²) >= 11 is 0. The van der Waals surface area contributed by atoms with E-state index in [-0.39, 0.29) is 11.9 Å². The highest BCUT2D eigenvalue weighted by Crippen LogP contribution is 2.26. The number of carbonyl (C=O) groups is 1. The molecule has 1 unspecified atom stereocenters. The number of methoxy groups -OCH3 is 1. The van der Waals surface area contributed by atoms with Gasteiger partial charge >= 0.3 is 0 Å². The summed E-state index contributed by atoms with van der Waals surface area (Å²) in [7, 11) is 1.66. The van der Waals surface area contributed by atoms with Gasteiger partial charge in [-0.15, -0.1) is 0 Å². The number of amides is 1. The smallest absolute Gasteiger partial charge is 0.240 e. The Hall–Kier alpha value is -1.97. The topological polar surface area (TPSA) is 43.3 Å². The Labute approximate surface area is 119 Å². The predicted molar refractivity (Wildman–Crippen MR) is 81.0 cm³/mol. The monoisotopic (exact) mass is 274 g/mol. The second-order valence-electron chi connectivity index (χ2n) is 5.09. The number of rotatable bonds is 6. The number of nitrogens with zero attached hydrogens (tertiary/aromatic N) is 1. The van der Waals surface area contributed by atoms with Crippen molar-refractivity contribution >= 4 is 16.8 Å². The predicted octanol–water partition coefficient (Wildman–Crippen LogP) is 2.95. The number of hydrogen-bond donors (Lipinski definition) is 1. The van der Waals surface area contributed by atoms with Crippen LogP contribution in [0.1, 0.15) is 26.7 Å². The van der Waals surface area contributed by atoms with Crippen LogP contribution in [0.3, 0.4) is 0 Å². The van der Waals surface area contributed by atoms with Gasteiger partial charge in [0, 0.05) is 17.6 Å². The molecule has 0 aliphatic heterocycles. The summed E-state index contributed by atoms with van der Waals surface area (Å²) < 4.78 is 7.28. The Bertz CT molecular complexity index is 589. The van der Waals surface area contributed by atoms with Gasteiger partial charge in [-0.25, -0.2) is 0 Å². The number of hydrogen-bond acceptors (Lipinski definition) is 2. The lowest BCUT2D eigenvalue weighted by molar-refractivity contribution is -0.122. The molecule has 1 aromatic heterocycles. The molecule has 0 spiro atoms. The van der Waals surface area contributed by atoms with E-state index < -0.39 is 0 Å². The average molecular weight is 274 g/mol. The molecule has 1 atom stereocenters. The molecule has 0 saturated heterocycles. The van der Waals surface area contributed by atoms with Crippen LogP contribution in [0.2, 0.25) is 0 Å². The molecule has 1 amide bonds. The van der Waals surface area contributed by atoms with Gasteiger partial charge in [-0.2, -0.15) is 0 Å². The summed E-state index contributed by atoms with van der Waals surface area (Å²) in [6.07, 6.45) is 4.01. The van der Waals surface area contributed by atoms with Crippen molar-refractivity contribution in [1.29, 1.82) is 0 Å². The number of carbonyl (C=O) groups excluding carboxylic acids is 1.